The molecule has 0 fully saturated rings. The second-order valence-electron chi connectivity index (χ2n) is 5.14. The van der Waals surface area contributed by atoms with Crippen molar-refractivity contribution in [1.29, 1.82) is 0 Å². The van der Waals surface area contributed by atoms with Crippen molar-refractivity contribution in [2.75, 3.05) is 11.9 Å². The van der Waals surface area contributed by atoms with Crippen LogP contribution in [0.3, 0.4) is 0 Å². The van der Waals surface area contributed by atoms with Crippen LogP contribution in [0.1, 0.15) is 24.2 Å². The summed E-state index contributed by atoms with van der Waals surface area (Å²) in [5.74, 6) is -0.0866. The van der Waals surface area contributed by atoms with Crippen LogP contribution in [0.25, 0.3) is 0 Å². The largest absolute Gasteiger partial charge is 0.489 e. The van der Waals surface area contributed by atoms with Gasteiger partial charge < -0.3 is 15.4 Å². The van der Waals surface area contributed by atoms with Crippen molar-refractivity contribution in [2.24, 2.45) is 0 Å². The number of carbonyl (C=O) groups excluding carboxylic acids is 2. The normalized spacial score (nSPS) is 10.2. The van der Waals surface area contributed by atoms with E-state index in [1.165, 1.54) is 6.20 Å². The zero-order chi connectivity index (χ0) is 16.7. The molecule has 0 aliphatic rings. The second-order valence-corrected chi connectivity index (χ2v) is 5.14. The highest BCUT2D eigenvalue weighted by Crippen LogP contribution is 2.24. The average Bonchev–Trinajstić information content (AvgIpc) is 2.55. The van der Waals surface area contributed by atoms with Crippen molar-refractivity contribution in [1.82, 2.24) is 10.3 Å². The summed E-state index contributed by atoms with van der Waals surface area (Å²) in [5, 5.41) is 5.28. The molecule has 2 amide bonds. The third kappa shape index (κ3) is 5.10. The summed E-state index contributed by atoms with van der Waals surface area (Å²) in [4.78, 5) is 27.7. The van der Waals surface area contributed by atoms with Crippen LogP contribution in [0.4, 0.5) is 5.69 Å². The van der Waals surface area contributed by atoms with Crippen molar-refractivity contribution < 1.29 is 14.3 Å². The number of anilines is 1. The molecule has 0 unspecified atom stereocenters. The zero-order valence-electron chi connectivity index (χ0n) is 13.1. The number of ether oxygens (including phenoxy) is 1. The maximum atomic E-state index is 12.0. The van der Waals surface area contributed by atoms with Gasteiger partial charge in [0.2, 0.25) is 5.91 Å². The summed E-state index contributed by atoms with van der Waals surface area (Å²) >= 11 is 0. The highest BCUT2D eigenvalue weighted by Gasteiger charge is 2.11. The monoisotopic (exact) mass is 313 g/mol. The fraction of sp³-hybridized carbons (Fsp3) is 0.235. The zero-order valence-corrected chi connectivity index (χ0v) is 13.1. The van der Waals surface area contributed by atoms with Gasteiger partial charge in [-0.25, -0.2) is 0 Å². The van der Waals surface area contributed by atoms with Crippen LogP contribution in [0.2, 0.25) is 0 Å². The number of para-hydroxylation sites is 2. The molecule has 0 aliphatic heterocycles. The fourth-order valence-corrected chi connectivity index (χ4v) is 1.88. The highest BCUT2D eigenvalue weighted by molar-refractivity contribution is 5.99. The predicted molar refractivity (Wildman–Crippen MR) is 87.4 cm³/mol. The van der Waals surface area contributed by atoms with Gasteiger partial charge in [0, 0.05) is 12.4 Å². The summed E-state index contributed by atoms with van der Waals surface area (Å²) in [7, 11) is 0. The van der Waals surface area contributed by atoms with E-state index in [1.54, 1.807) is 36.5 Å². The molecule has 120 valence electrons. The van der Waals surface area contributed by atoms with Crippen LogP contribution in [0.15, 0.2) is 48.8 Å². The standard InChI is InChI=1S/C17H19N3O3/c1-12(2)23-15-8-4-3-7-14(15)20-16(21)11-19-17(22)13-6-5-9-18-10-13/h3-10,12H,11H2,1-2H3,(H,19,22)(H,20,21). The second kappa shape index (κ2) is 7.93. The topological polar surface area (TPSA) is 80.3 Å². The Morgan fingerprint density at radius 1 is 1.17 bits per heavy atom. The number of benzene rings is 1. The molecule has 2 aromatic rings. The molecule has 1 aromatic heterocycles. The highest BCUT2D eigenvalue weighted by atomic mass is 16.5. The van der Waals surface area contributed by atoms with Gasteiger partial charge in [-0.05, 0) is 38.1 Å². The minimum absolute atomic E-state index is 0.00154. The molecule has 0 spiro atoms. The Morgan fingerprint density at radius 3 is 2.65 bits per heavy atom. The molecule has 0 radical (unpaired) electrons. The van der Waals surface area contributed by atoms with E-state index in [0.29, 0.717) is 17.0 Å². The Balaban J connectivity index is 1.91. The molecule has 0 saturated carbocycles. The Morgan fingerprint density at radius 2 is 1.96 bits per heavy atom. The van der Waals surface area contributed by atoms with Crippen LogP contribution in [0.5, 0.6) is 5.75 Å². The van der Waals surface area contributed by atoms with Crippen molar-refractivity contribution >= 4 is 17.5 Å². The number of rotatable bonds is 6. The molecular formula is C17H19N3O3. The first-order chi connectivity index (χ1) is 11.1. The number of amides is 2. The Labute approximate surface area is 134 Å². The first kappa shape index (κ1) is 16.5. The van der Waals surface area contributed by atoms with Crippen LogP contribution in [-0.4, -0.2) is 29.4 Å². The van der Waals surface area contributed by atoms with Gasteiger partial charge in [0.05, 0.1) is 23.9 Å². The lowest BCUT2D eigenvalue weighted by Gasteiger charge is -2.14. The lowest BCUT2D eigenvalue weighted by atomic mass is 10.2. The molecule has 0 atom stereocenters. The van der Waals surface area contributed by atoms with Gasteiger partial charge >= 0.3 is 0 Å². The van der Waals surface area contributed by atoms with Crippen molar-refractivity contribution in [2.45, 2.75) is 20.0 Å². The van der Waals surface area contributed by atoms with Gasteiger partial charge in [-0.2, -0.15) is 0 Å². The maximum Gasteiger partial charge on any atom is 0.253 e. The molecule has 2 N–H and O–H groups in total. The first-order valence-electron chi connectivity index (χ1n) is 7.30. The lowest BCUT2D eigenvalue weighted by molar-refractivity contribution is -0.115. The first-order valence-corrected chi connectivity index (χ1v) is 7.30. The van der Waals surface area contributed by atoms with E-state index in [4.69, 9.17) is 4.74 Å². The molecule has 2 rings (SSSR count). The summed E-state index contributed by atoms with van der Waals surface area (Å²) in [6.07, 6.45) is 3.02. The molecule has 23 heavy (non-hydrogen) atoms. The molecule has 0 saturated heterocycles. The van der Waals surface area contributed by atoms with Crippen molar-refractivity contribution in [3.63, 3.8) is 0 Å². The van der Waals surface area contributed by atoms with Crippen LogP contribution in [-0.2, 0) is 4.79 Å². The van der Waals surface area contributed by atoms with Crippen LogP contribution in [0, 0.1) is 0 Å². The smallest absolute Gasteiger partial charge is 0.253 e. The molecule has 6 nitrogen and oxygen atoms in total. The molecule has 0 bridgehead atoms. The molecule has 1 aromatic carbocycles. The predicted octanol–water partition coefficient (Wildman–Crippen LogP) is 2.24. The van der Waals surface area contributed by atoms with E-state index in [-0.39, 0.29) is 24.5 Å². The Kier molecular flexibility index (Phi) is 5.68. The van der Waals surface area contributed by atoms with Gasteiger partial charge in [0.1, 0.15) is 5.75 Å². The van der Waals surface area contributed by atoms with E-state index in [1.807, 2.05) is 19.9 Å². The van der Waals surface area contributed by atoms with Gasteiger partial charge in [-0.1, -0.05) is 12.1 Å². The van der Waals surface area contributed by atoms with Gasteiger partial charge in [-0.3, -0.25) is 14.6 Å². The summed E-state index contributed by atoms with van der Waals surface area (Å²) in [5.41, 5.74) is 0.977. The van der Waals surface area contributed by atoms with Crippen LogP contribution >= 0.6 is 0 Å². The number of hydrogen-bond donors (Lipinski definition) is 2. The lowest BCUT2D eigenvalue weighted by Crippen LogP contribution is -2.33. The summed E-state index contributed by atoms with van der Waals surface area (Å²) < 4.78 is 5.63. The minimum Gasteiger partial charge on any atom is -0.489 e. The number of aromatic nitrogens is 1. The van der Waals surface area contributed by atoms with E-state index in [2.05, 4.69) is 15.6 Å². The third-order valence-corrected chi connectivity index (χ3v) is 2.86. The number of hydrogen-bond acceptors (Lipinski definition) is 4. The number of nitrogens with zero attached hydrogens (tertiary/aromatic N) is 1. The van der Waals surface area contributed by atoms with Crippen molar-refractivity contribution in [3.05, 3.63) is 54.4 Å². The van der Waals surface area contributed by atoms with Crippen LogP contribution < -0.4 is 15.4 Å². The number of pyridine rings is 1. The summed E-state index contributed by atoms with van der Waals surface area (Å²) in [6.45, 7) is 3.68. The summed E-state index contributed by atoms with van der Waals surface area (Å²) in [6, 6.07) is 10.5. The van der Waals surface area contributed by atoms with E-state index in [9.17, 15) is 9.59 Å². The quantitative estimate of drug-likeness (QED) is 0.857. The van der Waals surface area contributed by atoms with E-state index < -0.39 is 0 Å². The number of carbonyl (C=O) groups is 2. The van der Waals surface area contributed by atoms with Crippen molar-refractivity contribution in [3.8, 4) is 5.75 Å². The van der Waals surface area contributed by atoms with E-state index >= 15 is 0 Å². The Hall–Kier alpha value is -2.89. The van der Waals surface area contributed by atoms with Gasteiger partial charge in [0.25, 0.3) is 5.91 Å². The van der Waals surface area contributed by atoms with Gasteiger partial charge in [0.15, 0.2) is 0 Å². The number of nitrogens with one attached hydrogen (secondary N) is 2. The molecule has 1 heterocycles. The minimum atomic E-state index is -0.347. The Bertz CT molecular complexity index is 672. The maximum absolute atomic E-state index is 12.0. The average molecular weight is 313 g/mol. The van der Waals surface area contributed by atoms with Gasteiger partial charge in [-0.15, -0.1) is 0 Å². The SMILES string of the molecule is CC(C)Oc1ccccc1NC(=O)CNC(=O)c1cccnc1. The third-order valence-electron chi connectivity index (χ3n) is 2.86. The molecule has 6 heteroatoms. The van der Waals surface area contributed by atoms with E-state index in [0.717, 1.165) is 0 Å². The molecular weight excluding hydrogens is 294 g/mol. The fourth-order valence-electron chi connectivity index (χ4n) is 1.88. The molecule has 0 aliphatic carbocycles.